The summed E-state index contributed by atoms with van der Waals surface area (Å²) in [5, 5.41) is 10.4. The highest BCUT2D eigenvalue weighted by molar-refractivity contribution is 6.42. The molecule has 2 aromatic rings. The number of carboxylic acid groups (broad SMARTS) is 1. The fraction of sp³-hybridized carbons (Fsp3) is 0.381. The summed E-state index contributed by atoms with van der Waals surface area (Å²) in [6.45, 7) is 5.63. The second kappa shape index (κ2) is 7.99. The van der Waals surface area contributed by atoms with E-state index in [0.29, 0.717) is 22.9 Å². The normalized spacial score (nSPS) is 17.2. The van der Waals surface area contributed by atoms with Crippen molar-refractivity contribution >= 4 is 29.2 Å². The molecule has 1 N–H and O–H groups in total. The average molecular weight is 392 g/mol. The number of carboxylic acids is 1. The first-order chi connectivity index (χ1) is 12.4. The number of likely N-dealkylation sites (tertiary alicyclic amines) is 1. The number of carbonyl (C=O) groups is 1. The molecule has 1 fully saturated rings. The summed E-state index contributed by atoms with van der Waals surface area (Å²) in [6, 6.07) is 12.1. The number of aliphatic carboxylic acids is 1. The maximum Gasteiger partial charge on any atom is 0.306 e. The molecule has 0 bridgehead atoms. The molecule has 0 aliphatic carbocycles. The van der Waals surface area contributed by atoms with Crippen LogP contribution < -0.4 is 0 Å². The molecule has 1 aliphatic rings. The lowest BCUT2D eigenvalue weighted by Gasteiger charge is -2.38. The summed E-state index contributed by atoms with van der Waals surface area (Å²) >= 11 is 12.9. The minimum absolute atomic E-state index is 0.0310. The van der Waals surface area contributed by atoms with E-state index in [1.807, 2.05) is 12.1 Å². The molecule has 1 atom stereocenters. The summed E-state index contributed by atoms with van der Waals surface area (Å²) in [6.07, 6.45) is 1.30. The lowest BCUT2D eigenvalue weighted by Crippen LogP contribution is -2.39. The van der Waals surface area contributed by atoms with E-state index in [1.165, 1.54) is 16.7 Å². The second-order valence-electron chi connectivity index (χ2n) is 7.05. The summed E-state index contributed by atoms with van der Waals surface area (Å²) in [5.41, 5.74) is 4.58. The Morgan fingerprint density at radius 2 is 1.81 bits per heavy atom. The molecule has 138 valence electrons. The summed E-state index contributed by atoms with van der Waals surface area (Å²) in [5.74, 6) is -0.964. The van der Waals surface area contributed by atoms with Gasteiger partial charge in [0.15, 0.2) is 0 Å². The molecule has 1 saturated heterocycles. The van der Waals surface area contributed by atoms with Gasteiger partial charge in [-0.1, -0.05) is 59.1 Å². The molecular weight excluding hydrogens is 369 g/mol. The zero-order valence-electron chi connectivity index (χ0n) is 15.0. The van der Waals surface area contributed by atoms with Gasteiger partial charge in [0, 0.05) is 0 Å². The van der Waals surface area contributed by atoms with Crippen LogP contribution in [0.4, 0.5) is 0 Å². The van der Waals surface area contributed by atoms with Crippen LogP contribution in [0.5, 0.6) is 0 Å². The Hall–Kier alpha value is -1.55. The number of piperidine rings is 1. The predicted octanol–water partition coefficient (Wildman–Crippen LogP) is 5.50. The maximum absolute atomic E-state index is 11.3. The van der Waals surface area contributed by atoms with Gasteiger partial charge in [-0.15, -0.1) is 0 Å². The van der Waals surface area contributed by atoms with Gasteiger partial charge < -0.3 is 5.11 Å². The Labute approximate surface area is 164 Å². The monoisotopic (exact) mass is 391 g/mol. The third-order valence-corrected chi connectivity index (χ3v) is 6.07. The molecular formula is C21H23Cl2NO2. The number of hydrogen-bond donors (Lipinski definition) is 1. The molecule has 0 radical (unpaired) electrons. The minimum atomic E-state index is -0.700. The topological polar surface area (TPSA) is 40.5 Å². The van der Waals surface area contributed by atoms with Crippen molar-refractivity contribution in [2.75, 3.05) is 13.1 Å². The molecule has 3 rings (SSSR count). The van der Waals surface area contributed by atoms with Crippen molar-refractivity contribution in [3.05, 3.63) is 68.7 Å². The third kappa shape index (κ3) is 3.90. The molecule has 1 unspecified atom stereocenters. The van der Waals surface area contributed by atoms with Crippen LogP contribution in [-0.4, -0.2) is 29.1 Å². The SMILES string of the molecule is Cc1ccc(C(c2cccc(Cl)c2Cl)N2CCC(C(=O)O)CC2)c(C)c1. The molecule has 0 spiro atoms. The van der Waals surface area contributed by atoms with Crippen LogP contribution in [0.2, 0.25) is 10.0 Å². The Bertz CT molecular complexity index is 814. The van der Waals surface area contributed by atoms with Gasteiger partial charge in [0.1, 0.15) is 0 Å². The lowest BCUT2D eigenvalue weighted by atomic mass is 9.89. The van der Waals surface area contributed by atoms with Crippen molar-refractivity contribution in [2.45, 2.75) is 32.7 Å². The third-order valence-electron chi connectivity index (χ3n) is 5.24. The molecule has 0 saturated carbocycles. The van der Waals surface area contributed by atoms with E-state index in [2.05, 4.69) is 36.9 Å². The van der Waals surface area contributed by atoms with Crippen LogP contribution in [0, 0.1) is 19.8 Å². The predicted molar refractivity (Wildman–Crippen MR) is 106 cm³/mol. The van der Waals surface area contributed by atoms with Crippen LogP contribution in [0.25, 0.3) is 0 Å². The number of hydrogen-bond acceptors (Lipinski definition) is 2. The first-order valence-corrected chi connectivity index (χ1v) is 9.62. The highest BCUT2D eigenvalue weighted by Crippen LogP contribution is 2.39. The molecule has 0 aromatic heterocycles. The smallest absolute Gasteiger partial charge is 0.306 e. The van der Waals surface area contributed by atoms with Crippen LogP contribution >= 0.6 is 23.2 Å². The zero-order valence-corrected chi connectivity index (χ0v) is 16.5. The van der Waals surface area contributed by atoms with E-state index in [9.17, 15) is 9.90 Å². The fourth-order valence-electron chi connectivity index (χ4n) is 3.83. The Morgan fingerprint density at radius 1 is 1.12 bits per heavy atom. The number of rotatable bonds is 4. The largest absolute Gasteiger partial charge is 0.481 e. The summed E-state index contributed by atoms with van der Waals surface area (Å²) in [7, 11) is 0. The van der Waals surface area contributed by atoms with Gasteiger partial charge in [-0.25, -0.2) is 0 Å². The van der Waals surface area contributed by atoms with E-state index in [0.717, 1.165) is 18.7 Å². The first-order valence-electron chi connectivity index (χ1n) is 8.86. The number of benzene rings is 2. The number of halogens is 2. The molecule has 26 heavy (non-hydrogen) atoms. The van der Waals surface area contributed by atoms with E-state index in [-0.39, 0.29) is 12.0 Å². The van der Waals surface area contributed by atoms with Crippen LogP contribution in [0.3, 0.4) is 0 Å². The maximum atomic E-state index is 11.3. The lowest BCUT2D eigenvalue weighted by molar-refractivity contribution is -0.143. The molecule has 1 heterocycles. The molecule has 3 nitrogen and oxygen atoms in total. The van der Waals surface area contributed by atoms with Crippen LogP contribution in [0.15, 0.2) is 36.4 Å². The highest BCUT2D eigenvalue weighted by Gasteiger charge is 2.32. The summed E-state index contributed by atoms with van der Waals surface area (Å²) < 4.78 is 0. The van der Waals surface area contributed by atoms with E-state index >= 15 is 0 Å². The second-order valence-corrected chi connectivity index (χ2v) is 7.84. The number of nitrogens with zero attached hydrogens (tertiary/aromatic N) is 1. The first kappa shape index (κ1) is 19.2. The fourth-order valence-corrected chi connectivity index (χ4v) is 4.24. The van der Waals surface area contributed by atoms with Crippen molar-refractivity contribution in [1.29, 1.82) is 0 Å². The Kier molecular flexibility index (Phi) is 5.91. The highest BCUT2D eigenvalue weighted by atomic mass is 35.5. The average Bonchev–Trinajstić information content (AvgIpc) is 2.61. The molecule has 5 heteroatoms. The van der Waals surface area contributed by atoms with E-state index < -0.39 is 5.97 Å². The van der Waals surface area contributed by atoms with Gasteiger partial charge >= 0.3 is 5.97 Å². The minimum Gasteiger partial charge on any atom is -0.481 e. The van der Waals surface area contributed by atoms with Gasteiger partial charge in [0.05, 0.1) is 22.0 Å². The molecule has 1 aliphatic heterocycles. The zero-order chi connectivity index (χ0) is 18.8. The van der Waals surface area contributed by atoms with Gasteiger partial charge in [-0.2, -0.15) is 0 Å². The van der Waals surface area contributed by atoms with Crippen LogP contribution in [0.1, 0.15) is 41.1 Å². The van der Waals surface area contributed by atoms with Gasteiger partial charge in [-0.05, 0) is 62.5 Å². The van der Waals surface area contributed by atoms with Crippen molar-refractivity contribution in [3.8, 4) is 0 Å². The molecule has 0 amide bonds. The van der Waals surface area contributed by atoms with Crippen LogP contribution in [-0.2, 0) is 4.79 Å². The van der Waals surface area contributed by atoms with E-state index in [4.69, 9.17) is 23.2 Å². The quantitative estimate of drug-likeness (QED) is 0.747. The Balaban J connectivity index is 2.02. The Morgan fingerprint density at radius 3 is 2.42 bits per heavy atom. The van der Waals surface area contributed by atoms with Crippen molar-refractivity contribution in [3.63, 3.8) is 0 Å². The van der Waals surface area contributed by atoms with Crippen molar-refractivity contribution < 1.29 is 9.90 Å². The van der Waals surface area contributed by atoms with Gasteiger partial charge in [0.2, 0.25) is 0 Å². The van der Waals surface area contributed by atoms with Crippen molar-refractivity contribution in [2.24, 2.45) is 5.92 Å². The molecule has 2 aromatic carbocycles. The standard InChI is InChI=1S/C21H23Cl2NO2/c1-13-6-7-16(14(2)12-13)20(17-4-3-5-18(22)19(17)23)24-10-8-15(9-11-24)21(25)26/h3-7,12,15,20H,8-11H2,1-2H3,(H,25,26). The number of aryl methyl sites for hydroxylation is 2. The summed E-state index contributed by atoms with van der Waals surface area (Å²) in [4.78, 5) is 13.6. The van der Waals surface area contributed by atoms with Gasteiger partial charge in [0.25, 0.3) is 0 Å². The van der Waals surface area contributed by atoms with Crippen molar-refractivity contribution in [1.82, 2.24) is 4.90 Å². The van der Waals surface area contributed by atoms with E-state index in [1.54, 1.807) is 6.07 Å². The van der Waals surface area contributed by atoms with Gasteiger partial charge in [-0.3, -0.25) is 9.69 Å².